The molecule has 8 nitrogen and oxygen atoms in total. The summed E-state index contributed by atoms with van der Waals surface area (Å²) in [5.41, 5.74) is 2.52. The molecule has 0 saturated carbocycles. The normalized spacial score (nSPS) is 12.6. The number of nitrogens with one attached hydrogen (secondary N) is 2. The molecule has 0 fully saturated rings. The summed E-state index contributed by atoms with van der Waals surface area (Å²) in [6, 6.07) is 11.8. The molecule has 2 N–H and O–H groups in total. The Labute approximate surface area is 165 Å². The quantitative estimate of drug-likeness (QED) is 0.490. The van der Waals surface area contributed by atoms with E-state index in [0.29, 0.717) is 10.8 Å². The monoisotopic (exact) mass is 390 g/mol. The molecule has 0 aliphatic rings. The topological polar surface area (TPSA) is 104 Å². The van der Waals surface area contributed by atoms with Gasteiger partial charge in [0.25, 0.3) is 0 Å². The van der Waals surface area contributed by atoms with Crippen molar-refractivity contribution in [3.8, 4) is 0 Å². The smallest absolute Gasteiger partial charge is 0.217 e. The van der Waals surface area contributed by atoms with Gasteiger partial charge >= 0.3 is 0 Å². The van der Waals surface area contributed by atoms with E-state index >= 15 is 0 Å². The minimum absolute atomic E-state index is 0.178. The SMILES string of the molecule is CN=CC(C=N)c1cnc2ccc(Sc3nnc4ccc(NC)nn34)cc2c1. The second-order valence-corrected chi connectivity index (χ2v) is 7.09. The van der Waals surface area contributed by atoms with E-state index in [0.717, 1.165) is 27.2 Å². The van der Waals surface area contributed by atoms with Gasteiger partial charge in [-0.25, -0.2) is 0 Å². The molecule has 1 atom stereocenters. The third-order valence-electron chi connectivity index (χ3n) is 4.25. The average Bonchev–Trinajstić information content (AvgIpc) is 3.13. The zero-order valence-electron chi connectivity index (χ0n) is 15.4. The third kappa shape index (κ3) is 3.44. The Morgan fingerprint density at radius 3 is 2.89 bits per heavy atom. The summed E-state index contributed by atoms with van der Waals surface area (Å²) < 4.78 is 1.72. The zero-order valence-corrected chi connectivity index (χ0v) is 16.2. The molecule has 1 unspecified atom stereocenters. The van der Waals surface area contributed by atoms with Crippen LogP contribution in [-0.2, 0) is 0 Å². The molecule has 1 aromatic carbocycles. The molecule has 0 aliphatic carbocycles. The van der Waals surface area contributed by atoms with Gasteiger partial charge in [-0.05, 0) is 53.7 Å². The van der Waals surface area contributed by atoms with Gasteiger partial charge in [0.1, 0.15) is 5.82 Å². The number of aliphatic imine (C=N–C) groups is 1. The Hall–Kier alpha value is -3.33. The lowest BCUT2D eigenvalue weighted by atomic mass is 10.0. The standard InChI is InChI=1S/C19H18N8S/c1-21-10-14(9-20)13-7-12-8-15(3-4-16(12)23-11-13)28-19-25-24-18-6-5-17(22-2)26-27(18)19/h3-11,14,20H,1-2H3,(H,22,26). The first-order chi connectivity index (χ1) is 13.7. The minimum Gasteiger partial charge on any atom is -0.372 e. The van der Waals surface area contributed by atoms with Crippen LogP contribution >= 0.6 is 11.8 Å². The Balaban J connectivity index is 1.70. The number of hydrogen-bond donors (Lipinski definition) is 2. The molecule has 4 rings (SSSR count). The van der Waals surface area contributed by atoms with E-state index in [-0.39, 0.29) is 5.92 Å². The first kappa shape index (κ1) is 18.1. The van der Waals surface area contributed by atoms with Crippen molar-refractivity contribution in [1.29, 1.82) is 5.41 Å². The van der Waals surface area contributed by atoms with Crippen molar-refractivity contribution in [2.45, 2.75) is 16.0 Å². The Morgan fingerprint density at radius 1 is 1.21 bits per heavy atom. The van der Waals surface area contributed by atoms with Gasteiger partial charge < -0.3 is 10.7 Å². The fourth-order valence-corrected chi connectivity index (χ4v) is 3.67. The summed E-state index contributed by atoms with van der Waals surface area (Å²) >= 11 is 1.49. The molecule has 3 heterocycles. The number of rotatable bonds is 6. The number of fused-ring (bicyclic) bond motifs is 2. The molecule has 140 valence electrons. The molecule has 0 aliphatic heterocycles. The van der Waals surface area contributed by atoms with Gasteiger partial charge in [-0.1, -0.05) is 0 Å². The number of pyridine rings is 1. The van der Waals surface area contributed by atoms with Gasteiger partial charge in [0.2, 0.25) is 5.16 Å². The second kappa shape index (κ2) is 7.73. The maximum atomic E-state index is 7.61. The van der Waals surface area contributed by atoms with E-state index in [1.54, 1.807) is 24.0 Å². The van der Waals surface area contributed by atoms with Crippen LogP contribution in [0.25, 0.3) is 16.6 Å². The van der Waals surface area contributed by atoms with Gasteiger partial charge in [-0.15, -0.1) is 15.3 Å². The average molecular weight is 390 g/mol. The van der Waals surface area contributed by atoms with Gasteiger partial charge in [-0.2, -0.15) is 4.52 Å². The summed E-state index contributed by atoms with van der Waals surface area (Å²) in [6.45, 7) is 0. The highest BCUT2D eigenvalue weighted by atomic mass is 32.2. The molecule has 4 aromatic rings. The molecule has 0 spiro atoms. The largest absolute Gasteiger partial charge is 0.372 e. The van der Waals surface area contributed by atoms with Crippen molar-refractivity contribution < 1.29 is 0 Å². The summed E-state index contributed by atoms with van der Waals surface area (Å²) in [7, 11) is 3.53. The van der Waals surface area contributed by atoms with Gasteiger partial charge in [-0.3, -0.25) is 9.98 Å². The summed E-state index contributed by atoms with van der Waals surface area (Å²) in [5.74, 6) is 0.569. The number of hydrogen-bond acceptors (Lipinski definition) is 8. The van der Waals surface area contributed by atoms with Gasteiger partial charge in [0.15, 0.2) is 5.65 Å². The van der Waals surface area contributed by atoms with E-state index in [1.165, 1.54) is 18.0 Å². The van der Waals surface area contributed by atoms with E-state index in [9.17, 15) is 0 Å². The summed E-state index contributed by atoms with van der Waals surface area (Å²) in [5, 5.41) is 25.2. The van der Waals surface area contributed by atoms with Gasteiger partial charge in [0, 0.05) is 43.0 Å². The van der Waals surface area contributed by atoms with Crippen molar-refractivity contribution in [1.82, 2.24) is 24.8 Å². The number of aromatic nitrogens is 5. The van der Waals surface area contributed by atoms with Crippen LogP contribution in [0.3, 0.4) is 0 Å². The minimum atomic E-state index is -0.178. The lowest BCUT2D eigenvalue weighted by Crippen LogP contribution is -2.02. The molecule has 3 aromatic heterocycles. The maximum absolute atomic E-state index is 7.61. The highest BCUT2D eigenvalue weighted by Crippen LogP contribution is 2.29. The maximum Gasteiger partial charge on any atom is 0.217 e. The predicted molar refractivity (Wildman–Crippen MR) is 112 cm³/mol. The van der Waals surface area contributed by atoms with Crippen molar-refractivity contribution in [2.24, 2.45) is 4.99 Å². The molecular weight excluding hydrogens is 372 g/mol. The van der Waals surface area contributed by atoms with E-state index in [1.807, 2.05) is 37.4 Å². The van der Waals surface area contributed by atoms with Crippen molar-refractivity contribution in [2.75, 3.05) is 19.4 Å². The van der Waals surface area contributed by atoms with Crippen LogP contribution in [0.2, 0.25) is 0 Å². The summed E-state index contributed by atoms with van der Waals surface area (Å²) in [4.78, 5) is 9.56. The first-order valence-electron chi connectivity index (χ1n) is 8.62. The molecule has 0 radical (unpaired) electrons. The lowest BCUT2D eigenvalue weighted by Gasteiger charge is -2.08. The van der Waals surface area contributed by atoms with Crippen molar-refractivity contribution >= 4 is 46.6 Å². The Bertz CT molecular complexity index is 1180. The number of anilines is 1. The number of benzene rings is 1. The highest BCUT2D eigenvalue weighted by Gasteiger charge is 2.11. The lowest BCUT2D eigenvalue weighted by molar-refractivity contribution is 0.812. The molecule has 0 bridgehead atoms. The fourth-order valence-electron chi connectivity index (χ4n) is 2.83. The number of nitrogens with zero attached hydrogens (tertiary/aromatic N) is 6. The highest BCUT2D eigenvalue weighted by molar-refractivity contribution is 7.99. The molecule has 0 amide bonds. The predicted octanol–water partition coefficient (Wildman–Crippen LogP) is 3.30. The fraction of sp³-hybridized carbons (Fsp3) is 0.158. The van der Waals surface area contributed by atoms with Crippen LogP contribution < -0.4 is 5.32 Å². The Morgan fingerprint density at radius 2 is 2.11 bits per heavy atom. The van der Waals surface area contributed by atoms with E-state index in [4.69, 9.17) is 5.41 Å². The zero-order chi connectivity index (χ0) is 19.5. The Kier molecular flexibility index (Phi) is 4.98. The van der Waals surface area contributed by atoms with E-state index in [2.05, 4.69) is 36.7 Å². The molecule has 0 saturated heterocycles. The summed E-state index contributed by atoms with van der Waals surface area (Å²) in [6.07, 6.45) is 4.89. The molecular formula is C19H18N8S. The second-order valence-electron chi connectivity index (χ2n) is 6.05. The van der Waals surface area contributed by atoms with Gasteiger partial charge in [0.05, 0.1) is 11.4 Å². The molecule has 28 heavy (non-hydrogen) atoms. The van der Waals surface area contributed by atoms with Crippen molar-refractivity contribution in [3.63, 3.8) is 0 Å². The van der Waals surface area contributed by atoms with Crippen LogP contribution in [0, 0.1) is 5.41 Å². The first-order valence-corrected chi connectivity index (χ1v) is 9.44. The molecule has 9 heteroatoms. The van der Waals surface area contributed by atoms with Crippen LogP contribution in [0.15, 0.2) is 57.6 Å². The van der Waals surface area contributed by atoms with Crippen molar-refractivity contribution in [3.05, 3.63) is 48.2 Å². The van der Waals surface area contributed by atoms with Crippen LogP contribution in [-0.4, -0.2) is 51.3 Å². The van der Waals surface area contributed by atoms with Crippen LogP contribution in [0.4, 0.5) is 5.82 Å². The van der Waals surface area contributed by atoms with E-state index < -0.39 is 0 Å². The third-order valence-corrected chi connectivity index (χ3v) is 5.17. The van der Waals surface area contributed by atoms with Crippen LogP contribution in [0.1, 0.15) is 11.5 Å². The van der Waals surface area contributed by atoms with Crippen LogP contribution in [0.5, 0.6) is 0 Å².